The molecule has 2 heterocycles. The maximum atomic E-state index is 2.88. The molecule has 4 aliphatic carbocycles. The molecule has 0 radical (unpaired) electrons. The highest BCUT2D eigenvalue weighted by Crippen LogP contribution is 2.69. The molecule has 4 saturated carbocycles. The monoisotopic (exact) mass is 486 g/mol. The van der Waals surface area contributed by atoms with Gasteiger partial charge in [0.05, 0.1) is 8.07 Å². The average molecular weight is 487 g/mol. The van der Waals surface area contributed by atoms with Crippen molar-refractivity contribution < 1.29 is 0 Å². The first kappa shape index (κ1) is 22.8. The van der Waals surface area contributed by atoms with Crippen LogP contribution in [0.4, 0.5) is 0 Å². The van der Waals surface area contributed by atoms with E-state index in [-0.39, 0.29) is 0 Å². The molecule has 10 atom stereocenters. The minimum absolute atomic E-state index is 0.834. The summed E-state index contributed by atoms with van der Waals surface area (Å²) in [4.78, 5) is 3.26. The number of hydrogen-bond acceptors (Lipinski definition) is 2. The van der Waals surface area contributed by atoms with Crippen molar-refractivity contribution in [2.75, 3.05) is 0 Å². The van der Waals surface area contributed by atoms with E-state index >= 15 is 0 Å². The Balaban J connectivity index is 1.29. The van der Waals surface area contributed by atoms with Gasteiger partial charge in [-0.05, 0) is 89.0 Å². The normalized spacial score (nSPS) is 48.9. The van der Waals surface area contributed by atoms with Crippen molar-refractivity contribution in [1.82, 2.24) is 0 Å². The molecule has 0 aromatic carbocycles. The number of rotatable bonds is 3. The van der Waals surface area contributed by atoms with E-state index < -0.39 is 8.07 Å². The molecule has 0 aromatic rings. The van der Waals surface area contributed by atoms with Crippen LogP contribution in [0.1, 0.15) is 78.6 Å². The highest BCUT2D eigenvalue weighted by Gasteiger charge is 2.63. The summed E-state index contributed by atoms with van der Waals surface area (Å²) < 4.78 is 0. The Bertz CT molecular complexity index is 761. The van der Waals surface area contributed by atoms with Crippen LogP contribution in [-0.2, 0) is 0 Å². The zero-order chi connectivity index (χ0) is 22.2. The first-order valence-corrected chi connectivity index (χ1v) is 19.0. The van der Waals surface area contributed by atoms with Crippen LogP contribution in [0.5, 0.6) is 0 Å². The lowest BCUT2D eigenvalue weighted by Gasteiger charge is -2.48. The van der Waals surface area contributed by atoms with E-state index in [9.17, 15) is 0 Å². The maximum absolute atomic E-state index is 2.88. The third kappa shape index (κ3) is 3.52. The Morgan fingerprint density at radius 3 is 1.94 bits per heavy atom. The smallest absolute Gasteiger partial charge is 0.0566 e. The quantitative estimate of drug-likeness (QED) is 0.364. The second-order valence-electron chi connectivity index (χ2n) is 13.3. The van der Waals surface area contributed by atoms with E-state index in [2.05, 4.69) is 69.5 Å². The molecule has 2 aliphatic heterocycles. The fraction of sp³-hybridized carbons (Fsp3) is 0.862. The van der Waals surface area contributed by atoms with Gasteiger partial charge in [-0.15, -0.1) is 23.5 Å². The van der Waals surface area contributed by atoms with Crippen LogP contribution in [0.15, 0.2) is 22.0 Å². The predicted octanol–water partition coefficient (Wildman–Crippen LogP) is 9.37. The SMILES string of the molecule is CC1=C[C@@H]2C(S1)C([Si](C)(C)C1C(C)CC3C(C4CCCCC4)CCCC31)C1SC(C)=C[C@@H]12. The molecule has 6 rings (SSSR count). The van der Waals surface area contributed by atoms with Crippen LogP contribution in [-0.4, -0.2) is 18.6 Å². The lowest BCUT2D eigenvalue weighted by molar-refractivity contribution is 0.0980. The summed E-state index contributed by atoms with van der Waals surface area (Å²) in [6.45, 7) is 13.3. The number of thioether (sulfide) groups is 2. The molecule has 0 nitrogen and oxygen atoms in total. The molecule has 178 valence electrons. The fourth-order valence-corrected chi connectivity index (χ4v) is 21.6. The molecular formula is C29H46S2Si. The Kier molecular flexibility index (Phi) is 6.07. The molecule has 0 spiro atoms. The van der Waals surface area contributed by atoms with Gasteiger partial charge in [-0.3, -0.25) is 0 Å². The summed E-state index contributed by atoms with van der Waals surface area (Å²) >= 11 is 4.59. The molecule has 6 aliphatic rings. The van der Waals surface area contributed by atoms with Crippen molar-refractivity contribution in [3.63, 3.8) is 0 Å². The van der Waals surface area contributed by atoms with Gasteiger partial charge in [0.1, 0.15) is 0 Å². The summed E-state index contributed by atoms with van der Waals surface area (Å²) in [5.74, 6) is 6.98. The number of fused-ring (bicyclic) bond motifs is 4. The Morgan fingerprint density at radius 2 is 1.31 bits per heavy atom. The molecule has 0 bridgehead atoms. The predicted molar refractivity (Wildman–Crippen MR) is 147 cm³/mol. The van der Waals surface area contributed by atoms with Gasteiger partial charge in [0.15, 0.2) is 0 Å². The van der Waals surface area contributed by atoms with Crippen LogP contribution in [0.25, 0.3) is 0 Å². The standard InChI is InChI=1S/C29H46S2Si/c1-17-14-23-21(20-10-7-6-8-11-20)12-9-13-22(23)28(17)32(4,5)29-26-24(15-18(2)30-26)25-16-19(3)31-27(25)29/h15-17,20-29H,6-14H2,1-5H3/t17?,21?,22?,23?,24-,25+,26?,27?,28?,29?. The van der Waals surface area contributed by atoms with Gasteiger partial charge in [0.25, 0.3) is 0 Å². The average Bonchev–Trinajstić information content (AvgIpc) is 3.46. The van der Waals surface area contributed by atoms with Crippen molar-refractivity contribution in [2.45, 2.75) is 113 Å². The van der Waals surface area contributed by atoms with Gasteiger partial charge in [0.2, 0.25) is 0 Å². The highest BCUT2D eigenvalue weighted by atomic mass is 32.2. The Hall–Kier alpha value is 0.397. The third-order valence-electron chi connectivity index (χ3n) is 11.3. The van der Waals surface area contributed by atoms with E-state index in [1.54, 1.807) is 48.3 Å². The molecule has 32 heavy (non-hydrogen) atoms. The molecule has 4 fully saturated rings. The van der Waals surface area contributed by atoms with Crippen LogP contribution in [0, 0.1) is 41.4 Å². The first-order valence-electron chi connectivity index (χ1n) is 14.1. The third-order valence-corrected chi connectivity index (χ3v) is 19.7. The lowest BCUT2D eigenvalue weighted by atomic mass is 9.65. The van der Waals surface area contributed by atoms with Crippen LogP contribution < -0.4 is 0 Å². The number of hydrogen-bond donors (Lipinski definition) is 0. The Labute approximate surface area is 207 Å². The van der Waals surface area contributed by atoms with Gasteiger partial charge in [-0.1, -0.05) is 77.1 Å². The van der Waals surface area contributed by atoms with Gasteiger partial charge in [-0.25, -0.2) is 0 Å². The highest BCUT2D eigenvalue weighted by molar-refractivity contribution is 8.05. The van der Waals surface area contributed by atoms with Gasteiger partial charge < -0.3 is 0 Å². The second-order valence-corrected chi connectivity index (χ2v) is 21.1. The van der Waals surface area contributed by atoms with Gasteiger partial charge >= 0.3 is 0 Å². The van der Waals surface area contributed by atoms with Crippen molar-refractivity contribution in [3.05, 3.63) is 22.0 Å². The Morgan fingerprint density at radius 1 is 0.719 bits per heavy atom. The second kappa shape index (κ2) is 8.51. The molecular weight excluding hydrogens is 441 g/mol. The minimum Gasteiger partial charge on any atom is -0.127 e. The fourth-order valence-electron chi connectivity index (χ4n) is 10.5. The number of allylic oxidation sites excluding steroid dienone is 4. The minimum atomic E-state index is -1.43. The summed E-state index contributed by atoms with van der Waals surface area (Å²) in [5, 5.41) is 1.79. The maximum Gasteiger partial charge on any atom is 0.0566 e. The van der Waals surface area contributed by atoms with Crippen molar-refractivity contribution >= 4 is 31.6 Å². The van der Waals surface area contributed by atoms with Crippen LogP contribution in [0.3, 0.4) is 0 Å². The topological polar surface area (TPSA) is 0 Å². The first-order chi connectivity index (χ1) is 15.4. The van der Waals surface area contributed by atoms with E-state index in [4.69, 9.17) is 0 Å². The van der Waals surface area contributed by atoms with E-state index in [0.717, 1.165) is 63.0 Å². The molecule has 8 unspecified atom stereocenters. The van der Waals surface area contributed by atoms with E-state index in [1.807, 2.05) is 0 Å². The van der Waals surface area contributed by atoms with Gasteiger partial charge in [-0.2, -0.15) is 0 Å². The summed E-state index contributed by atoms with van der Waals surface area (Å²) in [5.41, 5.74) is 2.07. The van der Waals surface area contributed by atoms with Crippen LogP contribution >= 0.6 is 23.5 Å². The summed E-state index contributed by atoms with van der Waals surface area (Å²) in [6, 6.07) is 0. The zero-order valence-corrected chi connectivity index (χ0v) is 23.8. The zero-order valence-electron chi connectivity index (χ0n) is 21.2. The van der Waals surface area contributed by atoms with Crippen molar-refractivity contribution in [3.8, 4) is 0 Å². The van der Waals surface area contributed by atoms with Crippen molar-refractivity contribution in [1.29, 1.82) is 0 Å². The molecule has 0 amide bonds. The van der Waals surface area contributed by atoms with E-state index in [0.29, 0.717) is 0 Å². The van der Waals surface area contributed by atoms with Crippen LogP contribution in [0.2, 0.25) is 24.2 Å². The molecule has 0 saturated heterocycles. The lowest BCUT2D eigenvalue weighted by Crippen LogP contribution is -2.48. The summed E-state index contributed by atoms with van der Waals surface area (Å²) in [6.07, 6.45) is 19.3. The van der Waals surface area contributed by atoms with Crippen molar-refractivity contribution in [2.24, 2.45) is 41.4 Å². The molecule has 0 N–H and O–H groups in total. The largest absolute Gasteiger partial charge is 0.127 e. The summed E-state index contributed by atoms with van der Waals surface area (Å²) in [7, 11) is -1.43. The van der Waals surface area contributed by atoms with E-state index in [1.165, 1.54) is 19.3 Å². The molecule has 0 aromatic heterocycles. The van der Waals surface area contributed by atoms with Gasteiger partial charge in [0, 0.05) is 10.5 Å². The molecule has 3 heteroatoms.